The van der Waals surface area contributed by atoms with Gasteiger partial charge < -0.3 is 16.2 Å². The number of hydrogen-bond acceptors (Lipinski definition) is 5. The fourth-order valence-corrected chi connectivity index (χ4v) is 2.87. The quantitative estimate of drug-likeness (QED) is 0.574. The molecule has 20 heavy (non-hydrogen) atoms. The molecule has 0 saturated heterocycles. The van der Waals surface area contributed by atoms with E-state index in [-0.39, 0.29) is 17.8 Å². The Hall–Kier alpha value is -1.80. The number of nitrogen functional groups attached to an aromatic ring is 1. The van der Waals surface area contributed by atoms with E-state index in [9.17, 15) is 13.2 Å². The van der Waals surface area contributed by atoms with Gasteiger partial charge >= 0.3 is 5.97 Å². The van der Waals surface area contributed by atoms with E-state index in [2.05, 4.69) is 10.0 Å². The number of rotatable bonds is 6. The molecular weight excluding hydrogens is 282 g/mol. The van der Waals surface area contributed by atoms with Crippen LogP contribution in [0, 0.1) is 0 Å². The first-order chi connectivity index (χ1) is 9.02. The lowest BCUT2D eigenvalue weighted by Crippen LogP contribution is -2.47. The maximum absolute atomic E-state index is 11.2. The number of para-hydroxylation sites is 1. The highest BCUT2D eigenvalue weighted by Gasteiger charge is 2.23. The average molecular weight is 301 g/mol. The number of benzene rings is 1. The molecule has 0 aliphatic rings. The number of aromatic carboxylic acids is 1. The standard InChI is InChI=1S/C12H19N3O4S/c1-12(2,15-20(3,18)19)7-14-10-8(11(16)17)5-4-6-9(10)13/h4-6,14-15H,7,13H2,1-3H3,(H,16,17). The summed E-state index contributed by atoms with van der Waals surface area (Å²) in [7, 11) is -3.36. The lowest BCUT2D eigenvalue weighted by atomic mass is 10.1. The molecule has 5 N–H and O–H groups in total. The SMILES string of the molecule is CC(C)(CNc1c(N)cccc1C(=O)O)NS(C)(=O)=O. The number of carboxylic acids is 1. The van der Waals surface area contributed by atoms with E-state index < -0.39 is 21.5 Å². The second-order valence-corrected chi connectivity index (χ2v) is 6.94. The minimum atomic E-state index is -3.36. The molecule has 0 fully saturated rings. The van der Waals surface area contributed by atoms with E-state index in [0.29, 0.717) is 5.69 Å². The van der Waals surface area contributed by atoms with Crippen LogP contribution in [0.1, 0.15) is 24.2 Å². The zero-order valence-electron chi connectivity index (χ0n) is 11.6. The Labute approximate surface area is 118 Å². The van der Waals surface area contributed by atoms with Crippen molar-refractivity contribution in [3.8, 4) is 0 Å². The number of carboxylic acid groups (broad SMARTS) is 1. The van der Waals surface area contributed by atoms with Gasteiger partial charge in [-0.1, -0.05) is 6.07 Å². The number of anilines is 2. The van der Waals surface area contributed by atoms with Gasteiger partial charge in [-0.3, -0.25) is 0 Å². The minimum absolute atomic E-state index is 0.0418. The predicted octanol–water partition coefficient (Wildman–Crippen LogP) is 0.707. The summed E-state index contributed by atoms with van der Waals surface area (Å²) in [6.07, 6.45) is 1.06. The van der Waals surface area contributed by atoms with Gasteiger partial charge in [-0.15, -0.1) is 0 Å². The predicted molar refractivity (Wildman–Crippen MR) is 78.4 cm³/mol. The van der Waals surface area contributed by atoms with E-state index in [0.717, 1.165) is 6.26 Å². The molecule has 7 nitrogen and oxygen atoms in total. The number of nitrogens with two attached hydrogens (primary N) is 1. The Morgan fingerprint density at radius 2 is 2.00 bits per heavy atom. The number of sulfonamides is 1. The molecule has 112 valence electrons. The average Bonchev–Trinajstić information content (AvgIpc) is 2.23. The molecule has 1 aromatic carbocycles. The summed E-state index contributed by atoms with van der Waals surface area (Å²) in [6, 6.07) is 4.55. The van der Waals surface area contributed by atoms with E-state index >= 15 is 0 Å². The van der Waals surface area contributed by atoms with Crippen LogP contribution < -0.4 is 15.8 Å². The Bertz CT molecular complexity index is 611. The van der Waals surface area contributed by atoms with Crippen molar-refractivity contribution < 1.29 is 18.3 Å². The van der Waals surface area contributed by atoms with Gasteiger partial charge in [0.1, 0.15) is 0 Å². The Kier molecular flexibility index (Phi) is 4.61. The second-order valence-electron chi connectivity index (χ2n) is 5.19. The van der Waals surface area contributed by atoms with Gasteiger partial charge in [-0.25, -0.2) is 17.9 Å². The highest BCUT2D eigenvalue weighted by Crippen LogP contribution is 2.24. The Morgan fingerprint density at radius 1 is 1.40 bits per heavy atom. The lowest BCUT2D eigenvalue weighted by Gasteiger charge is -2.26. The van der Waals surface area contributed by atoms with Gasteiger partial charge in [0.05, 0.1) is 23.2 Å². The van der Waals surface area contributed by atoms with Gasteiger partial charge in [0, 0.05) is 12.1 Å². The van der Waals surface area contributed by atoms with Crippen LogP contribution in [-0.4, -0.2) is 37.8 Å². The Morgan fingerprint density at radius 3 is 2.50 bits per heavy atom. The van der Waals surface area contributed by atoms with Crippen molar-refractivity contribution in [2.75, 3.05) is 23.9 Å². The van der Waals surface area contributed by atoms with Gasteiger partial charge in [0.2, 0.25) is 10.0 Å². The van der Waals surface area contributed by atoms with Crippen molar-refractivity contribution in [3.63, 3.8) is 0 Å². The summed E-state index contributed by atoms with van der Waals surface area (Å²) in [6.45, 7) is 3.55. The van der Waals surface area contributed by atoms with Gasteiger partial charge in [0.15, 0.2) is 0 Å². The van der Waals surface area contributed by atoms with E-state index in [4.69, 9.17) is 10.8 Å². The van der Waals surface area contributed by atoms with E-state index in [1.165, 1.54) is 6.07 Å². The Balaban J connectivity index is 2.93. The fraction of sp³-hybridized carbons (Fsp3) is 0.417. The molecule has 0 bridgehead atoms. The van der Waals surface area contributed by atoms with Crippen LogP contribution in [0.15, 0.2) is 18.2 Å². The van der Waals surface area contributed by atoms with Crippen LogP contribution in [0.25, 0.3) is 0 Å². The fourth-order valence-electron chi connectivity index (χ4n) is 1.79. The normalized spacial score (nSPS) is 12.2. The topological polar surface area (TPSA) is 122 Å². The molecular formula is C12H19N3O4S. The molecule has 0 aliphatic carbocycles. The van der Waals surface area contributed by atoms with Crippen LogP contribution >= 0.6 is 0 Å². The maximum Gasteiger partial charge on any atom is 0.337 e. The molecule has 0 saturated carbocycles. The molecule has 0 spiro atoms. The smallest absolute Gasteiger partial charge is 0.337 e. The van der Waals surface area contributed by atoms with E-state index in [1.54, 1.807) is 26.0 Å². The van der Waals surface area contributed by atoms with Crippen LogP contribution in [-0.2, 0) is 10.0 Å². The van der Waals surface area contributed by atoms with Gasteiger partial charge in [-0.2, -0.15) is 0 Å². The monoisotopic (exact) mass is 301 g/mol. The van der Waals surface area contributed by atoms with Crippen molar-refractivity contribution in [1.29, 1.82) is 0 Å². The molecule has 0 heterocycles. The van der Waals surface area contributed by atoms with Crippen LogP contribution in [0.3, 0.4) is 0 Å². The highest BCUT2D eigenvalue weighted by atomic mass is 32.2. The minimum Gasteiger partial charge on any atom is -0.478 e. The zero-order valence-corrected chi connectivity index (χ0v) is 12.4. The molecule has 1 rings (SSSR count). The third-order valence-corrected chi connectivity index (χ3v) is 3.42. The molecule has 0 atom stereocenters. The third-order valence-electron chi connectivity index (χ3n) is 2.50. The summed E-state index contributed by atoms with van der Waals surface area (Å²) < 4.78 is 24.9. The van der Waals surface area contributed by atoms with Crippen molar-refractivity contribution in [2.24, 2.45) is 0 Å². The van der Waals surface area contributed by atoms with Crippen molar-refractivity contribution in [2.45, 2.75) is 19.4 Å². The molecule has 1 aromatic rings. The number of nitrogens with one attached hydrogen (secondary N) is 2. The molecule has 0 radical (unpaired) electrons. The first-order valence-corrected chi connectivity index (χ1v) is 7.75. The summed E-state index contributed by atoms with van der Waals surface area (Å²) in [5.74, 6) is -1.10. The molecule has 8 heteroatoms. The molecule has 0 unspecified atom stereocenters. The van der Waals surface area contributed by atoms with Crippen molar-refractivity contribution in [1.82, 2.24) is 4.72 Å². The second kappa shape index (κ2) is 5.68. The zero-order chi connectivity index (χ0) is 15.6. The molecule has 0 aliphatic heterocycles. The number of hydrogen-bond donors (Lipinski definition) is 4. The van der Waals surface area contributed by atoms with E-state index in [1.807, 2.05) is 0 Å². The van der Waals surface area contributed by atoms with Crippen LogP contribution in [0.5, 0.6) is 0 Å². The first kappa shape index (κ1) is 16.3. The molecule has 0 aromatic heterocycles. The summed E-state index contributed by atoms with van der Waals surface area (Å²) in [5.41, 5.74) is 5.58. The third kappa shape index (κ3) is 4.71. The van der Waals surface area contributed by atoms with Gasteiger partial charge in [0.25, 0.3) is 0 Å². The van der Waals surface area contributed by atoms with Crippen molar-refractivity contribution in [3.05, 3.63) is 23.8 Å². The first-order valence-electron chi connectivity index (χ1n) is 5.86. The van der Waals surface area contributed by atoms with Crippen molar-refractivity contribution >= 4 is 27.4 Å². The van der Waals surface area contributed by atoms with Crippen LogP contribution in [0.2, 0.25) is 0 Å². The largest absolute Gasteiger partial charge is 0.478 e. The summed E-state index contributed by atoms with van der Waals surface area (Å²) in [5, 5.41) is 12.0. The highest BCUT2D eigenvalue weighted by molar-refractivity contribution is 7.88. The van der Waals surface area contributed by atoms with Gasteiger partial charge in [-0.05, 0) is 26.0 Å². The molecule has 0 amide bonds. The number of carbonyl (C=O) groups is 1. The lowest BCUT2D eigenvalue weighted by molar-refractivity contribution is 0.0698. The summed E-state index contributed by atoms with van der Waals surface area (Å²) >= 11 is 0. The van der Waals surface area contributed by atoms with Crippen LogP contribution in [0.4, 0.5) is 11.4 Å². The summed E-state index contributed by atoms with van der Waals surface area (Å²) in [4.78, 5) is 11.1. The maximum atomic E-state index is 11.2.